The third kappa shape index (κ3) is 5.29. The number of halogens is 1. The lowest BCUT2D eigenvalue weighted by atomic mass is 10.2. The van der Waals surface area contributed by atoms with E-state index in [9.17, 15) is 9.18 Å². The van der Waals surface area contributed by atoms with Gasteiger partial charge >= 0.3 is 0 Å². The molecule has 0 saturated heterocycles. The number of aryl methyl sites for hydroxylation is 1. The molecule has 178 valence electrons. The molecule has 4 aromatic rings. The number of carbonyl (C=O) groups excluding carboxylic acids is 1. The molecule has 34 heavy (non-hydrogen) atoms. The number of oxazole rings is 1. The van der Waals surface area contributed by atoms with Crippen molar-refractivity contribution in [1.29, 1.82) is 0 Å². The normalized spacial score (nSPS) is 12.2. The molecule has 0 radical (unpaired) electrons. The van der Waals surface area contributed by atoms with E-state index in [1.807, 2.05) is 38.1 Å². The summed E-state index contributed by atoms with van der Waals surface area (Å²) >= 11 is 1.16. The number of nitrogens with one attached hydrogen (secondary N) is 3. The van der Waals surface area contributed by atoms with E-state index >= 15 is 0 Å². The largest absolute Gasteiger partial charge is 0.440 e. The molecule has 0 saturated carbocycles. The standard InChI is InChI=1S/C22H24FN7O3S/c1-11(2)26-17-7-19(27-14-4-5-16-18(6-14)30-34-29-16)24-9-15(17)22-28-20(12(3)33-22)21(32)25-8-13(23)10-31/h4-7,9,11,13,31H,8,10H2,1-3H3,(H,25,32)(H2,24,26,27). The second-order valence-electron chi connectivity index (χ2n) is 7.92. The lowest BCUT2D eigenvalue weighted by Gasteiger charge is -2.15. The van der Waals surface area contributed by atoms with Crippen LogP contribution in [0.3, 0.4) is 0 Å². The molecule has 0 fully saturated rings. The molecule has 1 amide bonds. The molecule has 3 heterocycles. The monoisotopic (exact) mass is 485 g/mol. The van der Waals surface area contributed by atoms with Gasteiger partial charge in [0.2, 0.25) is 5.89 Å². The summed E-state index contributed by atoms with van der Waals surface area (Å²) in [5, 5.41) is 17.8. The van der Waals surface area contributed by atoms with Gasteiger partial charge in [-0.25, -0.2) is 14.4 Å². The Kier molecular flexibility index (Phi) is 6.98. The average molecular weight is 486 g/mol. The number of aromatic nitrogens is 4. The third-order valence-electron chi connectivity index (χ3n) is 4.80. The molecule has 12 heteroatoms. The molecule has 0 aliphatic carbocycles. The fourth-order valence-electron chi connectivity index (χ4n) is 3.21. The van der Waals surface area contributed by atoms with Crippen LogP contribution in [-0.2, 0) is 0 Å². The van der Waals surface area contributed by atoms with Gasteiger partial charge in [-0.15, -0.1) is 0 Å². The van der Waals surface area contributed by atoms with Gasteiger partial charge in [0, 0.05) is 24.0 Å². The molecule has 1 unspecified atom stereocenters. The highest BCUT2D eigenvalue weighted by Crippen LogP contribution is 2.32. The van der Waals surface area contributed by atoms with Crippen molar-refractivity contribution in [3.8, 4) is 11.5 Å². The number of alkyl halides is 1. The van der Waals surface area contributed by atoms with Gasteiger partial charge in [-0.05, 0) is 39.0 Å². The first-order chi connectivity index (χ1) is 16.3. The maximum Gasteiger partial charge on any atom is 0.273 e. The fourth-order valence-corrected chi connectivity index (χ4v) is 3.72. The molecule has 0 spiro atoms. The topological polar surface area (TPSA) is 138 Å². The van der Waals surface area contributed by atoms with E-state index in [2.05, 4.69) is 34.7 Å². The SMILES string of the molecule is Cc1oc(-c2cnc(Nc3ccc4nsnc4c3)cc2NC(C)C)nc1C(=O)NCC(F)CO. The van der Waals surface area contributed by atoms with Crippen LogP contribution in [0.4, 0.5) is 21.6 Å². The summed E-state index contributed by atoms with van der Waals surface area (Å²) in [7, 11) is 0. The minimum atomic E-state index is -1.55. The molecule has 1 aromatic carbocycles. The van der Waals surface area contributed by atoms with Crippen LogP contribution in [0.5, 0.6) is 0 Å². The fraction of sp³-hybridized carbons (Fsp3) is 0.318. The van der Waals surface area contributed by atoms with Gasteiger partial charge in [0.25, 0.3) is 5.91 Å². The molecule has 1 atom stereocenters. The maximum atomic E-state index is 13.3. The van der Waals surface area contributed by atoms with Crippen molar-refractivity contribution in [1.82, 2.24) is 24.0 Å². The number of amides is 1. The maximum absolute atomic E-state index is 13.3. The number of aliphatic hydroxyl groups is 1. The molecule has 0 aliphatic heterocycles. The number of rotatable bonds is 9. The minimum Gasteiger partial charge on any atom is -0.440 e. The predicted molar refractivity (Wildman–Crippen MR) is 128 cm³/mol. The second-order valence-corrected chi connectivity index (χ2v) is 8.45. The smallest absolute Gasteiger partial charge is 0.273 e. The lowest BCUT2D eigenvalue weighted by molar-refractivity contribution is 0.0922. The number of hydrogen-bond acceptors (Lipinski definition) is 10. The molecule has 0 bridgehead atoms. The number of pyridine rings is 1. The number of aliphatic hydroxyl groups excluding tert-OH is 1. The van der Waals surface area contributed by atoms with Crippen LogP contribution in [0, 0.1) is 6.92 Å². The Hall–Kier alpha value is -3.64. The lowest BCUT2D eigenvalue weighted by Crippen LogP contribution is -2.32. The molecule has 0 aliphatic rings. The van der Waals surface area contributed by atoms with Crippen LogP contribution in [0.2, 0.25) is 0 Å². The summed E-state index contributed by atoms with van der Waals surface area (Å²) in [5.41, 5.74) is 3.77. The van der Waals surface area contributed by atoms with Gasteiger partial charge in [0.15, 0.2) is 5.69 Å². The Bertz CT molecular complexity index is 1310. The number of hydrogen-bond donors (Lipinski definition) is 4. The van der Waals surface area contributed by atoms with Crippen LogP contribution in [0.25, 0.3) is 22.5 Å². The first-order valence-corrected chi connectivity index (χ1v) is 11.3. The zero-order valence-electron chi connectivity index (χ0n) is 18.8. The van der Waals surface area contributed by atoms with Crippen molar-refractivity contribution in [2.75, 3.05) is 23.8 Å². The number of fused-ring (bicyclic) bond motifs is 1. The predicted octanol–water partition coefficient (Wildman–Crippen LogP) is 3.67. The van der Waals surface area contributed by atoms with Crippen molar-refractivity contribution in [2.45, 2.75) is 33.0 Å². The highest BCUT2D eigenvalue weighted by molar-refractivity contribution is 7.00. The molecule has 3 aromatic heterocycles. The van der Waals surface area contributed by atoms with E-state index in [0.717, 1.165) is 28.4 Å². The van der Waals surface area contributed by atoms with Crippen molar-refractivity contribution in [3.05, 3.63) is 41.9 Å². The van der Waals surface area contributed by atoms with E-state index in [-0.39, 0.29) is 29.9 Å². The third-order valence-corrected chi connectivity index (χ3v) is 5.36. The number of benzene rings is 1. The quantitative estimate of drug-likeness (QED) is 0.280. The molecule has 10 nitrogen and oxygen atoms in total. The Labute approximate surface area is 199 Å². The van der Waals surface area contributed by atoms with Gasteiger partial charge in [-0.2, -0.15) is 8.75 Å². The van der Waals surface area contributed by atoms with E-state index in [1.54, 1.807) is 13.1 Å². The Morgan fingerprint density at radius 3 is 2.79 bits per heavy atom. The van der Waals surface area contributed by atoms with E-state index in [1.165, 1.54) is 0 Å². The van der Waals surface area contributed by atoms with Gasteiger partial charge in [-0.3, -0.25) is 4.79 Å². The first-order valence-electron chi connectivity index (χ1n) is 10.6. The Morgan fingerprint density at radius 1 is 1.24 bits per heavy atom. The second kappa shape index (κ2) is 10.1. The molecular weight excluding hydrogens is 461 g/mol. The minimum absolute atomic E-state index is 0.0445. The van der Waals surface area contributed by atoms with Gasteiger partial charge in [0.05, 0.1) is 36.1 Å². The first kappa shape index (κ1) is 23.5. The van der Waals surface area contributed by atoms with Gasteiger partial charge < -0.3 is 25.5 Å². The van der Waals surface area contributed by atoms with E-state index in [0.29, 0.717) is 17.1 Å². The Balaban J connectivity index is 1.60. The zero-order valence-corrected chi connectivity index (χ0v) is 19.6. The number of nitrogens with zero attached hydrogens (tertiary/aromatic N) is 4. The van der Waals surface area contributed by atoms with Crippen LogP contribution in [0.15, 0.2) is 34.9 Å². The Morgan fingerprint density at radius 2 is 2.03 bits per heavy atom. The average Bonchev–Trinajstić information content (AvgIpc) is 3.43. The summed E-state index contributed by atoms with van der Waals surface area (Å²) in [6.45, 7) is 4.60. The van der Waals surface area contributed by atoms with E-state index < -0.39 is 18.7 Å². The molecular formula is C22H24FN7O3S. The molecule has 4 rings (SSSR count). The highest BCUT2D eigenvalue weighted by atomic mass is 32.1. The highest BCUT2D eigenvalue weighted by Gasteiger charge is 2.21. The van der Waals surface area contributed by atoms with Gasteiger partial charge in [-0.1, -0.05) is 0 Å². The van der Waals surface area contributed by atoms with Gasteiger partial charge in [0.1, 0.15) is 28.8 Å². The van der Waals surface area contributed by atoms with Crippen molar-refractivity contribution < 1.29 is 18.7 Å². The zero-order chi connectivity index (χ0) is 24.2. The van der Waals surface area contributed by atoms with Crippen molar-refractivity contribution >= 4 is 45.9 Å². The summed E-state index contributed by atoms with van der Waals surface area (Å²) in [6.07, 6.45) is 0.0564. The summed E-state index contributed by atoms with van der Waals surface area (Å²) in [4.78, 5) is 21.2. The van der Waals surface area contributed by atoms with Crippen molar-refractivity contribution in [3.63, 3.8) is 0 Å². The van der Waals surface area contributed by atoms with Crippen LogP contribution in [0.1, 0.15) is 30.1 Å². The van der Waals surface area contributed by atoms with Crippen LogP contribution in [-0.4, -0.2) is 55.1 Å². The number of anilines is 3. The number of carbonyl (C=O) groups is 1. The van der Waals surface area contributed by atoms with Crippen molar-refractivity contribution in [2.24, 2.45) is 0 Å². The van der Waals surface area contributed by atoms with Crippen LogP contribution >= 0.6 is 11.7 Å². The van der Waals surface area contributed by atoms with Crippen LogP contribution < -0.4 is 16.0 Å². The summed E-state index contributed by atoms with van der Waals surface area (Å²) in [5.74, 6) is 0.502. The molecule has 4 N–H and O–H groups in total. The summed E-state index contributed by atoms with van der Waals surface area (Å²) in [6, 6.07) is 7.61. The van der Waals surface area contributed by atoms with E-state index in [4.69, 9.17) is 9.52 Å². The summed E-state index contributed by atoms with van der Waals surface area (Å²) < 4.78 is 27.5.